The average Bonchev–Trinajstić information content (AvgIpc) is 3.35. The van der Waals surface area contributed by atoms with Gasteiger partial charge in [-0.15, -0.1) is 0 Å². The fourth-order valence-electron chi connectivity index (χ4n) is 5.28. The highest BCUT2D eigenvalue weighted by Crippen LogP contribution is 2.51. The molecule has 0 fully saturated rings. The zero-order valence-electron chi connectivity index (χ0n) is 20.3. The molecule has 0 radical (unpaired) electrons. The van der Waals surface area contributed by atoms with Gasteiger partial charge in [0.2, 0.25) is 0 Å². The van der Waals surface area contributed by atoms with Crippen molar-refractivity contribution in [2.45, 2.75) is 37.1 Å². The summed E-state index contributed by atoms with van der Waals surface area (Å²) in [6.45, 7) is 3.81. The van der Waals surface area contributed by atoms with Gasteiger partial charge in [0.25, 0.3) is 10.0 Å². The molecule has 1 aliphatic carbocycles. The lowest BCUT2D eigenvalue weighted by atomic mass is 9.77. The average molecular weight is 491 g/mol. The van der Waals surface area contributed by atoms with E-state index in [0.29, 0.717) is 17.2 Å². The highest BCUT2D eigenvalue weighted by molar-refractivity contribution is 7.92. The van der Waals surface area contributed by atoms with Crippen molar-refractivity contribution in [1.29, 1.82) is 0 Å². The number of nitrogens with one attached hydrogen (secondary N) is 2. The van der Waals surface area contributed by atoms with Gasteiger partial charge in [-0.3, -0.25) is 4.72 Å². The van der Waals surface area contributed by atoms with Gasteiger partial charge in [-0.1, -0.05) is 36.4 Å². The van der Waals surface area contributed by atoms with Crippen LogP contribution in [-0.4, -0.2) is 22.6 Å². The highest BCUT2D eigenvalue weighted by atomic mass is 32.2. The fourth-order valence-corrected chi connectivity index (χ4v) is 6.52. The molecule has 3 atom stereocenters. The van der Waals surface area contributed by atoms with E-state index in [2.05, 4.69) is 28.3 Å². The first kappa shape index (κ1) is 23.3. The largest absolute Gasteiger partial charge is 0.493 e. The molecule has 0 amide bonds. The SMILES string of the molecule is COc1ccc(C2Nc3ccc(S(=O)(=O)Nc4c(C)cccc4C)cc3C3C=CCC32)cc1OC. The number of hydrogen-bond acceptors (Lipinski definition) is 5. The third-order valence-corrected chi connectivity index (χ3v) is 8.48. The Hall–Kier alpha value is -3.45. The molecule has 5 rings (SSSR count). The first-order chi connectivity index (χ1) is 16.8. The number of benzene rings is 3. The van der Waals surface area contributed by atoms with Crippen molar-refractivity contribution in [2.24, 2.45) is 5.92 Å². The Morgan fingerprint density at radius 1 is 0.943 bits per heavy atom. The lowest BCUT2D eigenvalue weighted by molar-refractivity contribution is 0.353. The van der Waals surface area contributed by atoms with Crippen LogP contribution >= 0.6 is 0 Å². The van der Waals surface area contributed by atoms with E-state index in [1.54, 1.807) is 20.3 Å². The Kier molecular flexibility index (Phi) is 5.97. The number of fused-ring (bicyclic) bond motifs is 3. The van der Waals surface area contributed by atoms with Crippen molar-refractivity contribution in [1.82, 2.24) is 0 Å². The van der Waals surface area contributed by atoms with Gasteiger partial charge in [-0.2, -0.15) is 0 Å². The van der Waals surface area contributed by atoms with Crippen molar-refractivity contribution >= 4 is 21.4 Å². The zero-order chi connectivity index (χ0) is 24.7. The first-order valence-corrected chi connectivity index (χ1v) is 13.2. The standard InChI is InChI=1S/C28H30N2O4S/c1-17-7-5-8-18(2)27(17)30-35(31,32)20-12-13-24-23(16-20)21-9-6-10-22(21)28(29-24)19-11-14-25(33-3)26(15-19)34-4/h5-9,11-16,21-22,28-30H,10H2,1-4H3. The summed E-state index contributed by atoms with van der Waals surface area (Å²) in [6, 6.07) is 17.2. The van der Waals surface area contributed by atoms with Gasteiger partial charge >= 0.3 is 0 Å². The molecule has 0 aromatic heterocycles. The van der Waals surface area contributed by atoms with Gasteiger partial charge in [0.15, 0.2) is 11.5 Å². The minimum Gasteiger partial charge on any atom is -0.493 e. The Labute approximate surface area is 207 Å². The molecule has 1 heterocycles. The second-order valence-electron chi connectivity index (χ2n) is 9.21. The van der Waals surface area contributed by atoms with E-state index >= 15 is 0 Å². The summed E-state index contributed by atoms with van der Waals surface area (Å²) in [5.41, 5.74) is 5.49. The molecule has 0 spiro atoms. The molecule has 0 saturated heterocycles. The number of anilines is 2. The molecule has 3 aromatic carbocycles. The molecule has 1 aliphatic heterocycles. The summed E-state index contributed by atoms with van der Waals surface area (Å²) in [4.78, 5) is 0.268. The van der Waals surface area contributed by atoms with Crippen LogP contribution in [-0.2, 0) is 10.0 Å². The number of para-hydroxylation sites is 1. The molecule has 6 nitrogen and oxygen atoms in total. The zero-order valence-corrected chi connectivity index (χ0v) is 21.1. The van der Waals surface area contributed by atoms with Crippen molar-refractivity contribution in [2.75, 3.05) is 24.3 Å². The second-order valence-corrected chi connectivity index (χ2v) is 10.9. The Morgan fingerprint density at radius 2 is 1.69 bits per heavy atom. The van der Waals surface area contributed by atoms with Gasteiger partial charge in [0.05, 0.1) is 30.8 Å². The number of aryl methyl sites for hydroxylation is 2. The van der Waals surface area contributed by atoms with Gasteiger partial charge in [0.1, 0.15) is 0 Å². The normalized spacial score (nSPS) is 20.5. The van der Waals surface area contributed by atoms with Gasteiger partial charge in [0, 0.05) is 11.6 Å². The highest BCUT2D eigenvalue weighted by Gasteiger charge is 2.38. The van der Waals surface area contributed by atoms with E-state index in [-0.39, 0.29) is 22.8 Å². The van der Waals surface area contributed by atoms with Crippen LogP contribution in [0.3, 0.4) is 0 Å². The number of sulfonamides is 1. The minimum atomic E-state index is -3.74. The van der Waals surface area contributed by atoms with E-state index in [4.69, 9.17) is 9.47 Å². The number of hydrogen-bond donors (Lipinski definition) is 2. The molecule has 2 aliphatic rings. The molecule has 0 bridgehead atoms. The Balaban J connectivity index is 1.50. The molecule has 0 saturated carbocycles. The molecule has 3 unspecified atom stereocenters. The maximum Gasteiger partial charge on any atom is 0.261 e. The Morgan fingerprint density at radius 3 is 2.40 bits per heavy atom. The number of ether oxygens (including phenoxy) is 2. The lowest BCUT2D eigenvalue weighted by Gasteiger charge is -2.38. The van der Waals surface area contributed by atoms with E-state index < -0.39 is 10.0 Å². The van der Waals surface area contributed by atoms with Crippen LogP contribution < -0.4 is 19.5 Å². The van der Waals surface area contributed by atoms with Crippen LogP contribution in [0.4, 0.5) is 11.4 Å². The molecule has 182 valence electrons. The third kappa shape index (κ3) is 4.14. The van der Waals surface area contributed by atoms with Crippen molar-refractivity contribution < 1.29 is 17.9 Å². The first-order valence-electron chi connectivity index (χ1n) is 11.7. The van der Waals surface area contributed by atoms with Crippen LogP contribution in [0.2, 0.25) is 0 Å². The summed E-state index contributed by atoms with van der Waals surface area (Å²) < 4.78 is 40.4. The van der Waals surface area contributed by atoms with Crippen LogP contribution in [0.25, 0.3) is 0 Å². The number of rotatable bonds is 6. The van der Waals surface area contributed by atoms with Crippen molar-refractivity contribution in [3.8, 4) is 11.5 Å². The molecule has 2 N–H and O–H groups in total. The topological polar surface area (TPSA) is 76.7 Å². The maximum atomic E-state index is 13.3. The minimum absolute atomic E-state index is 0.0671. The third-order valence-electron chi connectivity index (χ3n) is 7.13. The van der Waals surface area contributed by atoms with E-state index in [1.165, 1.54) is 0 Å². The van der Waals surface area contributed by atoms with E-state index in [9.17, 15) is 8.42 Å². The van der Waals surface area contributed by atoms with Crippen LogP contribution in [0.1, 0.15) is 40.6 Å². The smallest absolute Gasteiger partial charge is 0.261 e. The molecule has 35 heavy (non-hydrogen) atoms. The Bertz CT molecular complexity index is 1390. The number of allylic oxidation sites excluding steroid dienone is 2. The van der Waals surface area contributed by atoms with Gasteiger partial charge < -0.3 is 14.8 Å². The van der Waals surface area contributed by atoms with Gasteiger partial charge in [-0.05, 0) is 78.8 Å². The summed E-state index contributed by atoms with van der Waals surface area (Å²) in [5, 5.41) is 3.67. The second kappa shape index (κ2) is 8.96. The summed E-state index contributed by atoms with van der Waals surface area (Å²) in [6.07, 6.45) is 5.30. The predicted octanol–water partition coefficient (Wildman–Crippen LogP) is 5.95. The molecule has 3 aromatic rings. The van der Waals surface area contributed by atoms with Gasteiger partial charge in [-0.25, -0.2) is 8.42 Å². The van der Waals surface area contributed by atoms with Crippen LogP contribution in [0, 0.1) is 19.8 Å². The summed E-state index contributed by atoms with van der Waals surface area (Å²) >= 11 is 0. The lowest BCUT2D eigenvalue weighted by Crippen LogP contribution is -2.29. The van der Waals surface area contributed by atoms with Crippen molar-refractivity contribution in [3.05, 3.63) is 89.0 Å². The number of methoxy groups -OCH3 is 2. The van der Waals surface area contributed by atoms with E-state index in [0.717, 1.165) is 34.4 Å². The molecule has 7 heteroatoms. The van der Waals surface area contributed by atoms with Crippen molar-refractivity contribution in [3.63, 3.8) is 0 Å². The quantitative estimate of drug-likeness (QED) is 0.418. The monoisotopic (exact) mass is 490 g/mol. The molecular weight excluding hydrogens is 460 g/mol. The van der Waals surface area contributed by atoms with E-state index in [1.807, 2.05) is 56.3 Å². The predicted molar refractivity (Wildman–Crippen MR) is 139 cm³/mol. The van der Waals surface area contributed by atoms with Crippen LogP contribution in [0.5, 0.6) is 11.5 Å². The summed E-state index contributed by atoms with van der Waals surface area (Å²) in [7, 11) is -0.467. The molecular formula is C28H30N2O4S. The maximum absolute atomic E-state index is 13.3. The van der Waals surface area contributed by atoms with Crippen LogP contribution in [0.15, 0.2) is 71.6 Å². The fraction of sp³-hybridized carbons (Fsp3) is 0.286. The summed E-state index contributed by atoms with van der Waals surface area (Å²) in [5.74, 6) is 1.78.